The lowest BCUT2D eigenvalue weighted by Crippen LogP contribution is -2.23. The Morgan fingerprint density at radius 1 is 1.36 bits per heavy atom. The van der Waals surface area contributed by atoms with Crippen molar-refractivity contribution in [2.45, 2.75) is 6.92 Å². The van der Waals surface area contributed by atoms with Gasteiger partial charge >= 0.3 is 0 Å². The van der Waals surface area contributed by atoms with Crippen molar-refractivity contribution in [1.29, 1.82) is 10.5 Å². The zero-order valence-corrected chi connectivity index (χ0v) is 12.3. The molecule has 0 N–H and O–H groups in total. The Morgan fingerprint density at radius 3 is 2.64 bits per heavy atom. The van der Waals surface area contributed by atoms with Gasteiger partial charge in [0, 0.05) is 12.3 Å². The molecule has 0 saturated heterocycles. The van der Waals surface area contributed by atoms with E-state index < -0.39 is 11.7 Å². The first-order chi connectivity index (χ1) is 10.6. The van der Waals surface area contributed by atoms with E-state index in [0.29, 0.717) is 5.69 Å². The normalized spacial score (nSPS) is 9.45. The van der Waals surface area contributed by atoms with E-state index in [1.165, 1.54) is 31.2 Å². The van der Waals surface area contributed by atoms with Crippen LogP contribution in [0.25, 0.3) is 6.08 Å². The molecule has 5 nitrogen and oxygen atoms in total. The molecule has 0 bridgehead atoms. The molecule has 0 aliphatic carbocycles. The molecular weight excluding hydrogens is 303 g/mol. The summed E-state index contributed by atoms with van der Waals surface area (Å²) in [4.78, 5) is 17.2. The third-order valence-corrected chi connectivity index (χ3v) is 3.49. The first kappa shape index (κ1) is 15.4. The fraction of sp³-hybridized carbons (Fsp3) is 0.0667. The highest BCUT2D eigenvalue weighted by molar-refractivity contribution is 7.14. The lowest BCUT2D eigenvalue weighted by molar-refractivity contribution is -0.115. The molecule has 0 saturated carbocycles. The second kappa shape index (κ2) is 6.61. The quantitative estimate of drug-likeness (QED) is 0.813. The maximum Gasteiger partial charge on any atom is 0.230 e. The van der Waals surface area contributed by atoms with Crippen molar-refractivity contribution in [3.05, 3.63) is 46.7 Å². The summed E-state index contributed by atoms with van der Waals surface area (Å²) in [6, 6.07) is 9.33. The first-order valence-electron chi connectivity index (χ1n) is 6.09. The molecule has 1 heterocycles. The summed E-state index contributed by atoms with van der Waals surface area (Å²) >= 11 is 1.12. The van der Waals surface area contributed by atoms with Crippen LogP contribution in [0.5, 0.6) is 0 Å². The van der Waals surface area contributed by atoms with Crippen molar-refractivity contribution < 1.29 is 9.18 Å². The smallest absolute Gasteiger partial charge is 0.230 e. The molecule has 0 spiro atoms. The third kappa shape index (κ3) is 3.17. The number of nitriles is 2. The molecule has 2 rings (SSSR count). The van der Waals surface area contributed by atoms with E-state index in [-0.39, 0.29) is 16.4 Å². The molecule has 1 aromatic heterocycles. The van der Waals surface area contributed by atoms with E-state index in [1.807, 2.05) is 0 Å². The highest BCUT2D eigenvalue weighted by Gasteiger charge is 2.20. The van der Waals surface area contributed by atoms with Gasteiger partial charge < -0.3 is 0 Å². The van der Waals surface area contributed by atoms with Crippen LogP contribution in [-0.2, 0) is 4.79 Å². The number of halogens is 1. The summed E-state index contributed by atoms with van der Waals surface area (Å²) in [6.45, 7) is 1.30. The van der Waals surface area contributed by atoms with Gasteiger partial charge in [-0.2, -0.15) is 10.5 Å². The van der Waals surface area contributed by atoms with Crippen LogP contribution >= 0.6 is 11.3 Å². The lowest BCUT2D eigenvalue weighted by atomic mass is 10.2. The summed E-state index contributed by atoms with van der Waals surface area (Å²) in [7, 11) is 0. The second-order valence-electron chi connectivity index (χ2n) is 4.14. The van der Waals surface area contributed by atoms with Gasteiger partial charge in [-0.3, -0.25) is 9.69 Å². The number of hydrogen-bond donors (Lipinski definition) is 0. The Labute approximate surface area is 130 Å². The molecule has 0 aliphatic rings. The van der Waals surface area contributed by atoms with E-state index in [9.17, 15) is 9.18 Å². The number of carbonyl (C=O) groups excluding carboxylic acids is 1. The van der Waals surface area contributed by atoms with Gasteiger partial charge in [-0.1, -0.05) is 12.1 Å². The monoisotopic (exact) mass is 312 g/mol. The fourth-order valence-electron chi connectivity index (χ4n) is 1.72. The van der Waals surface area contributed by atoms with E-state index in [1.54, 1.807) is 23.6 Å². The largest absolute Gasteiger partial charge is 0.274 e. The van der Waals surface area contributed by atoms with E-state index in [2.05, 4.69) is 4.98 Å². The number of allylic oxidation sites excluding steroid dienone is 1. The van der Waals surface area contributed by atoms with Crippen LogP contribution in [0.1, 0.15) is 12.6 Å². The molecule has 22 heavy (non-hydrogen) atoms. The minimum atomic E-state index is -0.542. The molecule has 1 aromatic carbocycles. The predicted molar refractivity (Wildman–Crippen MR) is 80.5 cm³/mol. The summed E-state index contributed by atoms with van der Waals surface area (Å²) in [5.41, 5.74) is 0.360. The predicted octanol–water partition coefficient (Wildman–Crippen LogP) is 3.40. The van der Waals surface area contributed by atoms with Gasteiger partial charge in [-0.25, -0.2) is 9.37 Å². The van der Waals surface area contributed by atoms with Crippen LogP contribution in [0.15, 0.2) is 35.2 Å². The number of nitrogens with zero attached hydrogens (tertiary/aromatic N) is 4. The second-order valence-corrected chi connectivity index (χ2v) is 4.98. The molecule has 1 amide bonds. The van der Waals surface area contributed by atoms with Crippen LogP contribution in [0.4, 0.5) is 15.2 Å². The highest BCUT2D eigenvalue weighted by Crippen LogP contribution is 2.31. The number of thiazole rings is 1. The number of aromatic nitrogens is 1. The SMILES string of the molecule is CC(=O)N(c1nc(C=C(C#N)C#N)cs1)c1ccccc1F. The summed E-state index contributed by atoms with van der Waals surface area (Å²) < 4.78 is 13.9. The van der Waals surface area contributed by atoms with Gasteiger partial charge in [0.2, 0.25) is 5.91 Å². The zero-order chi connectivity index (χ0) is 16.1. The molecule has 7 heteroatoms. The van der Waals surface area contributed by atoms with Crippen molar-refractivity contribution in [3.8, 4) is 12.1 Å². The summed E-state index contributed by atoms with van der Waals surface area (Å²) in [5.74, 6) is -0.935. The summed E-state index contributed by atoms with van der Waals surface area (Å²) in [6.07, 6.45) is 1.31. The van der Waals surface area contributed by atoms with Gasteiger partial charge in [-0.15, -0.1) is 11.3 Å². The Morgan fingerprint density at radius 2 is 2.05 bits per heavy atom. The maximum atomic E-state index is 13.9. The number of anilines is 2. The van der Waals surface area contributed by atoms with Crippen LogP contribution in [0.2, 0.25) is 0 Å². The molecular formula is C15H9FN4OS. The number of hydrogen-bond acceptors (Lipinski definition) is 5. The zero-order valence-electron chi connectivity index (χ0n) is 11.4. The van der Waals surface area contributed by atoms with Crippen LogP contribution in [-0.4, -0.2) is 10.9 Å². The third-order valence-electron chi connectivity index (χ3n) is 2.64. The van der Waals surface area contributed by atoms with Gasteiger partial charge in [0.1, 0.15) is 23.5 Å². The first-order valence-corrected chi connectivity index (χ1v) is 6.97. The Bertz CT molecular complexity index is 813. The van der Waals surface area contributed by atoms with Crippen molar-refractivity contribution in [1.82, 2.24) is 4.98 Å². The molecule has 0 atom stereocenters. The molecule has 0 radical (unpaired) electrons. The highest BCUT2D eigenvalue weighted by atomic mass is 32.1. The number of benzene rings is 1. The average molecular weight is 312 g/mol. The Balaban J connectivity index is 2.45. The van der Waals surface area contributed by atoms with E-state index in [0.717, 1.165) is 16.2 Å². The van der Waals surface area contributed by atoms with E-state index in [4.69, 9.17) is 10.5 Å². The molecule has 108 valence electrons. The number of para-hydroxylation sites is 1. The van der Waals surface area contributed by atoms with Gasteiger partial charge in [0.15, 0.2) is 5.13 Å². The fourth-order valence-corrected chi connectivity index (χ4v) is 2.56. The maximum absolute atomic E-state index is 13.9. The van der Waals surface area contributed by atoms with E-state index >= 15 is 0 Å². The number of carbonyl (C=O) groups is 1. The average Bonchev–Trinajstić information content (AvgIpc) is 2.95. The molecule has 0 aliphatic heterocycles. The van der Waals surface area contributed by atoms with Crippen molar-refractivity contribution in [2.24, 2.45) is 0 Å². The number of amides is 1. The lowest BCUT2D eigenvalue weighted by Gasteiger charge is -2.18. The van der Waals surface area contributed by atoms with Gasteiger partial charge in [-0.05, 0) is 18.2 Å². The standard InChI is InChI=1S/C15H9FN4OS/c1-10(21)20(14-5-3-2-4-13(14)16)15-19-12(9-22-15)6-11(7-17)8-18/h2-6,9H,1H3. The topological polar surface area (TPSA) is 80.8 Å². The van der Waals surface area contributed by atoms with Crippen molar-refractivity contribution in [2.75, 3.05) is 4.90 Å². The molecule has 2 aromatic rings. The Kier molecular flexibility index (Phi) is 4.62. The summed E-state index contributed by atoms with van der Waals surface area (Å²) in [5, 5.41) is 19.3. The number of rotatable bonds is 3. The Hall–Kier alpha value is -3.03. The van der Waals surface area contributed by atoms with Crippen LogP contribution in [0.3, 0.4) is 0 Å². The molecule has 0 unspecified atom stereocenters. The molecule has 0 fully saturated rings. The van der Waals surface area contributed by atoms with Crippen molar-refractivity contribution in [3.63, 3.8) is 0 Å². The minimum absolute atomic E-state index is 0.0978. The van der Waals surface area contributed by atoms with Gasteiger partial charge in [0.05, 0.1) is 11.4 Å². The van der Waals surface area contributed by atoms with Crippen molar-refractivity contribution >= 4 is 34.1 Å². The van der Waals surface area contributed by atoms with Crippen LogP contribution < -0.4 is 4.90 Å². The van der Waals surface area contributed by atoms with Crippen LogP contribution in [0, 0.1) is 28.5 Å². The minimum Gasteiger partial charge on any atom is -0.274 e. The van der Waals surface area contributed by atoms with Gasteiger partial charge in [0.25, 0.3) is 0 Å².